The van der Waals surface area contributed by atoms with Crippen LogP contribution < -0.4 is 10.4 Å². The fourth-order valence-electron chi connectivity index (χ4n) is 4.14. The van der Waals surface area contributed by atoms with Crippen LogP contribution in [0.3, 0.4) is 0 Å². The van der Waals surface area contributed by atoms with Crippen molar-refractivity contribution in [3.63, 3.8) is 0 Å². The van der Waals surface area contributed by atoms with Crippen LogP contribution in [0.1, 0.15) is 43.8 Å². The topological polar surface area (TPSA) is 110 Å². The number of carbonyl (C=O) groups excluding carboxylic acids is 3. The van der Waals surface area contributed by atoms with E-state index in [1.54, 1.807) is 0 Å². The van der Waals surface area contributed by atoms with Crippen molar-refractivity contribution in [3.05, 3.63) is 97.2 Å². The summed E-state index contributed by atoms with van der Waals surface area (Å²) in [6.07, 6.45) is -14.1. The lowest BCUT2D eigenvalue weighted by atomic mass is 9.92. The van der Waals surface area contributed by atoms with Crippen molar-refractivity contribution in [1.82, 2.24) is 5.48 Å². The van der Waals surface area contributed by atoms with E-state index in [9.17, 15) is 45.1 Å². The van der Waals surface area contributed by atoms with Gasteiger partial charge in [-0.2, -0.15) is 31.6 Å². The van der Waals surface area contributed by atoms with Crippen molar-refractivity contribution in [2.45, 2.75) is 30.9 Å². The minimum atomic E-state index is -6.39. The van der Waals surface area contributed by atoms with E-state index >= 15 is 4.39 Å². The van der Waals surface area contributed by atoms with Gasteiger partial charge in [0.25, 0.3) is 5.91 Å². The van der Waals surface area contributed by atoms with E-state index < -0.39 is 86.6 Å². The monoisotopic (exact) mass is 769 g/mol. The molecule has 0 unspecified atom stereocenters. The Balaban J connectivity index is 2.04. The number of alkyl halides is 7. The average molecular weight is 771 g/mol. The third-order valence-corrected chi connectivity index (χ3v) is 7.81. The van der Waals surface area contributed by atoms with Gasteiger partial charge in [0.15, 0.2) is 11.6 Å². The second kappa shape index (κ2) is 13.6. The zero-order valence-corrected chi connectivity index (χ0v) is 25.3. The summed E-state index contributed by atoms with van der Waals surface area (Å²) in [4.78, 5) is 39.0. The van der Waals surface area contributed by atoms with Crippen molar-refractivity contribution in [2.75, 3.05) is 11.4 Å². The minimum Gasteiger partial charge on any atom is -0.305 e. The Kier molecular flexibility index (Phi) is 10.8. The van der Waals surface area contributed by atoms with Gasteiger partial charge in [0, 0.05) is 39.5 Å². The van der Waals surface area contributed by atoms with Crippen molar-refractivity contribution in [1.29, 1.82) is 5.26 Å². The Morgan fingerprint density at radius 3 is 2.02 bits per heavy atom. The first-order valence-corrected chi connectivity index (χ1v) is 13.8. The molecule has 0 saturated heterocycles. The van der Waals surface area contributed by atoms with Crippen LogP contribution in [0, 0.1) is 17.1 Å². The maximum absolute atomic E-state index is 15.8. The molecule has 2 amide bonds. The molecule has 0 aliphatic heterocycles. The minimum absolute atomic E-state index is 0.0796. The van der Waals surface area contributed by atoms with Crippen LogP contribution in [0.5, 0.6) is 0 Å². The Morgan fingerprint density at radius 1 is 0.911 bits per heavy atom. The number of hydrogen-bond acceptors (Lipinski definition) is 5. The summed E-state index contributed by atoms with van der Waals surface area (Å²) in [5, 5.41) is 18.0. The van der Waals surface area contributed by atoms with E-state index in [4.69, 9.17) is 10.5 Å². The molecule has 7 nitrogen and oxygen atoms in total. The van der Waals surface area contributed by atoms with Crippen molar-refractivity contribution in [3.8, 4) is 6.07 Å². The number of nitriles is 1. The molecule has 0 saturated carbocycles. The largest absolute Gasteiger partial charge is 0.435 e. The second-order valence-corrected chi connectivity index (χ2v) is 11.0. The molecule has 45 heavy (non-hydrogen) atoms. The van der Waals surface area contributed by atoms with Gasteiger partial charge in [0.1, 0.15) is 0 Å². The van der Waals surface area contributed by atoms with Gasteiger partial charge in [-0.15, -0.1) is 0 Å². The smallest absolute Gasteiger partial charge is 0.305 e. The number of amides is 2. The van der Waals surface area contributed by atoms with Crippen molar-refractivity contribution < 1.29 is 54.7 Å². The van der Waals surface area contributed by atoms with E-state index in [2.05, 4.69) is 31.9 Å². The summed E-state index contributed by atoms with van der Waals surface area (Å²) < 4.78 is 109. The molecule has 3 rings (SSSR count). The SMILES string of the molecule is N#Cc1cccc(C(=O)N(CCC(=O)NO)c2cccc(C(=O)Cc3c(Br)cc(C(F)(C(F)(F)F)C(F)(F)F)cc3Br)c2F)c1. The average Bonchev–Trinajstić information content (AvgIpc) is 2.97. The quantitative estimate of drug-likeness (QED) is 0.102. The molecule has 0 aliphatic rings. The number of hydrogen-bond donors (Lipinski definition) is 2. The zero-order valence-electron chi connectivity index (χ0n) is 22.2. The van der Waals surface area contributed by atoms with E-state index in [0.717, 1.165) is 17.0 Å². The first-order chi connectivity index (χ1) is 20.9. The first kappa shape index (κ1) is 35.6. The van der Waals surface area contributed by atoms with E-state index in [1.165, 1.54) is 35.8 Å². The summed E-state index contributed by atoms with van der Waals surface area (Å²) in [7, 11) is 0. The molecule has 0 fully saturated rings. The Bertz CT molecular complexity index is 1650. The van der Waals surface area contributed by atoms with E-state index in [0.29, 0.717) is 0 Å². The highest BCUT2D eigenvalue weighted by molar-refractivity contribution is 9.11. The number of rotatable bonds is 9. The fraction of sp³-hybridized carbons (Fsp3) is 0.214. The predicted molar refractivity (Wildman–Crippen MR) is 149 cm³/mol. The number of nitrogens with one attached hydrogen (secondary N) is 1. The molecular weight excluding hydrogens is 754 g/mol. The number of Topliss-reactive ketones (excluding diaryl/α,β-unsaturated/α-hetero) is 1. The maximum Gasteiger partial charge on any atom is 0.435 e. The van der Waals surface area contributed by atoms with Gasteiger partial charge >= 0.3 is 18.0 Å². The lowest BCUT2D eigenvalue weighted by molar-refractivity contribution is -0.348. The molecule has 0 radical (unpaired) electrons. The normalized spacial score (nSPS) is 12.0. The Labute approximate surface area is 265 Å². The highest BCUT2D eigenvalue weighted by Crippen LogP contribution is 2.54. The molecule has 0 atom stereocenters. The van der Waals surface area contributed by atoms with Crippen molar-refractivity contribution >= 4 is 55.1 Å². The molecule has 0 heterocycles. The molecule has 0 aliphatic carbocycles. The fourth-order valence-corrected chi connectivity index (χ4v) is 5.60. The second-order valence-electron chi connectivity index (χ2n) is 9.25. The predicted octanol–water partition coefficient (Wildman–Crippen LogP) is 7.48. The summed E-state index contributed by atoms with van der Waals surface area (Å²) >= 11 is 5.53. The van der Waals surface area contributed by atoms with Gasteiger partial charge in [-0.05, 0) is 48.0 Å². The number of anilines is 1. The molecule has 2 N–H and O–H groups in total. The Hall–Kier alpha value is -3.88. The van der Waals surface area contributed by atoms with Crippen LogP contribution in [0.25, 0.3) is 0 Å². The zero-order chi connectivity index (χ0) is 33.9. The van der Waals surface area contributed by atoms with Gasteiger partial charge in [-0.1, -0.05) is 44.0 Å². The number of nitrogens with zero attached hydrogens (tertiary/aromatic N) is 2. The van der Waals surface area contributed by atoms with Gasteiger partial charge in [0.2, 0.25) is 5.91 Å². The maximum atomic E-state index is 15.8. The van der Waals surface area contributed by atoms with E-state index in [-0.39, 0.29) is 28.8 Å². The van der Waals surface area contributed by atoms with Crippen molar-refractivity contribution in [2.24, 2.45) is 0 Å². The standard InChI is InChI=1S/C28H17Br2F8N3O4/c29-19-10-16(26(32,27(33,34)35)28(36,37)38)11-20(30)18(19)12-22(42)17-5-2-6-21(24(17)31)41(8-7-23(43)40-45)25(44)15-4-1-3-14(9-15)13-39/h1-6,9-11,45H,7-8,12H2,(H,40,43). The van der Waals surface area contributed by atoms with Gasteiger partial charge in [-0.3, -0.25) is 19.6 Å². The number of hydroxylamine groups is 1. The van der Waals surface area contributed by atoms with Crippen LogP contribution >= 0.6 is 31.9 Å². The number of benzene rings is 3. The van der Waals surface area contributed by atoms with Crippen LogP contribution in [0.4, 0.5) is 40.8 Å². The number of halogens is 10. The summed E-state index contributed by atoms with van der Waals surface area (Å²) in [6, 6.07) is 10.8. The summed E-state index contributed by atoms with van der Waals surface area (Å²) in [5.74, 6) is -4.17. The highest BCUT2D eigenvalue weighted by Gasteiger charge is 2.73. The third-order valence-electron chi connectivity index (χ3n) is 6.40. The number of ketones is 1. The summed E-state index contributed by atoms with van der Waals surface area (Å²) in [6.45, 7) is -0.515. The lowest BCUT2D eigenvalue weighted by Gasteiger charge is -2.31. The number of carbonyl (C=O) groups is 3. The molecule has 17 heteroatoms. The first-order valence-electron chi connectivity index (χ1n) is 12.2. The van der Waals surface area contributed by atoms with Gasteiger partial charge in [-0.25, -0.2) is 14.3 Å². The van der Waals surface area contributed by atoms with Crippen LogP contribution in [0.2, 0.25) is 0 Å². The third kappa shape index (κ3) is 7.34. The lowest BCUT2D eigenvalue weighted by Crippen LogP contribution is -2.50. The highest BCUT2D eigenvalue weighted by atomic mass is 79.9. The van der Waals surface area contributed by atoms with E-state index in [1.807, 2.05) is 6.07 Å². The van der Waals surface area contributed by atoms with Crippen LogP contribution in [-0.4, -0.2) is 41.7 Å². The molecule has 3 aromatic carbocycles. The molecule has 0 spiro atoms. The van der Waals surface area contributed by atoms with Crippen LogP contribution in [-0.2, 0) is 16.9 Å². The molecular formula is C28H17Br2F8N3O4. The Morgan fingerprint density at radius 2 is 1.49 bits per heavy atom. The van der Waals surface area contributed by atoms with Gasteiger partial charge in [0.05, 0.1) is 22.9 Å². The molecule has 238 valence electrons. The molecule has 3 aromatic rings. The molecule has 0 aromatic heterocycles. The summed E-state index contributed by atoms with van der Waals surface area (Å²) in [5.41, 5.74) is -7.65. The van der Waals surface area contributed by atoms with Crippen LogP contribution in [0.15, 0.2) is 63.5 Å². The molecule has 0 bridgehead atoms. The van der Waals surface area contributed by atoms with Gasteiger partial charge < -0.3 is 4.90 Å².